The van der Waals surface area contributed by atoms with Crippen molar-refractivity contribution >= 4 is 45.7 Å². The minimum Gasteiger partial charge on any atom is -0.456 e. The van der Waals surface area contributed by atoms with E-state index in [-0.39, 0.29) is 0 Å². The fourth-order valence-electron chi connectivity index (χ4n) is 2.98. The van der Waals surface area contributed by atoms with Crippen molar-refractivity contribution in [2.24, 2.45) is 5.73 Å². The summed E-state index contributed by atoms with van der Waals surface area (Å²) in [6.07, 6.45) is 6.21. The molecular formula is C22H17Cl2N3O2. The molecule has 2 aromatic carbocycles. The van der Waals surface area contributed by atoms with E-state index in [2.05, 4.69) is 9.97 Å². The Morgan fingerprint density at radius 3 is 2.79 bits per heavy atom. The van der Waals surface area contributed by atoms with Crippen LogP contribution in [0.5, 0.6) is 5.75 Å². The highest BCUT2D eigenvalue weighted by Gasteiger charge is 2.14. The Morgan fingerprint density at radius 2 is 2.03 bits per heavy atom. The van der Waals surface area contributed by atoms with Gasteiger partial charge in [0, 0.05) is 16.2 Å². The third-order valence-corrected chi connectivity index (χ3v) is 5.29. The number of hydrogen-bond acceptors (Lipinski definition) is 3. The van der Waals surface area contributed by atoms with Gasteiger partial charge in [0.1, 0.15) is 17.3 Å². The molecule has 0 aliphatic heterocycles. The maximum Gasteiger partial charge on any atom is 0.248 e. The number of rotatable bonds is 4. The van der Waals surface area contributed by atoms with Crippen molar-refractivity contribution in [2.45, 2.75) is 13.3 Å². The number of allylic oxidation sites excluding steroid dienone is 5. The van der Waals surface area contributed by atoms with Gasteiger partial charge in [0.15, 0.2) is 0 Å². The number of hydrogen-bond donors (Lipinski definition) is 2. The van der Waals surface area contributed by atoms with Gasteiger partial charge in [-0.2, -0.15) is 0 Å². The molecule has 1 aromatic heterocycles. The number of imidazole rings is 1. The molecule has 1 heterocycles. The summed E-state index contributed by atoms with van der Waals surface area (Å²) >= 11 is 12.7. The van der Waals surface area contributed by atoms with E-state index >= 15 is 0 Å². The molecule has 29 heavy (non-hydrogen) atoms. The molecule has 5 nitrogen and oxygen atoms in total. The zero-order valence-corrected chi connectivity index (χ0v) is 17.0. The van der Waals surface area contributed by atoms with Crippen molar-refractivity contribution in [3.63, 3.8) is 0 Å². The average Bonchev–Trinajstić information content (AvgIpc) is 3.03. The Balaban J connectivity index is 1.66. The summed E-state index contributed by atoms with van der Waals surface area (Å²) in [5, 5.41) is 1.08. The number of nitrogens with two attached hydrogens (primary N) is 1. The maximum absolute atomic E-state index is 11.4. The molecule has 146 valence electrons. The molecule has 3 aromatic rings. The topological polar surface area (TPSA) is 81.0 Å². The molecule has 0 unspecified atom stereocenters. The number of halogens is 2. The summed E-state index contributed by atoms with van der Waals surface area (Å²) in [6.45, 7) is 1.93. The smallest absolute Gasteiger partial charge is 0.248 e. The van der Waals surface area contributed by atoms with Gasteiger partial charge in [0.05, 0.1) is 16.1 Å². The van der Waals surface area contributed by atoms with Crippen LogP contribution in [0, 0.1) is 6.92 Å². The molecule has 0 saturated heterocycles. The Morgan fingerprint density at radius 1 is 1.21 bits per heavy atom. The summed E-state index contributed by atoms with van der Waals surface area (Å²) in [5.41, 5.74) is 9.11. The summed E-state index contributed by atoms with van der Waals surface area (Å²) in [4.78, 5) is 19.2. The van der Waals surface area contributed by atoms with Gasteiger partial charge in [-0.1, -0.05) is 35.3 Å². The van der Waals surface area contributed by atoms with E-state index in [1.807, 2.05) is 37.3 Å². The van der Waals surface area contributed by atoms with Crippen LogP contribution >= 0.6 is 23.2 Å². The SMILES string of the molecule is Cc1ccc(OC2=C(Cl)C=C(c3nc4ccc(C(N)=O)cc4[nH]3)CC=C2)cc1Cl. The zero-order valence-electron chi connectivity index (χ0n) is 15.5. The number of carbonyl (C=O) groups excluding carboxylic acids is 1. The van der Waals surface area contributed by atoms with E-state index in [4.69, 9.17) is 33.7 Å². The van der Waals surface area contributed by atoms with E-state index in [0.29, 0.717) is 39.4 Å². The van der Waals surface area contributed by atoms with Crippen molar-refractivity contribution in [1.29, 1.82) is 0 Å². The van der Waals surface area contributed by atoms with E-state index in [1.54, 1.807) is 24.3 Å². The van der Waals surface area contributed by atoms with E-state index < -0.39 is 5.91 Å². The van der Waals surface area contributed by atoms with Crippen LogP contribution in [0.2, 0.25) is 5.02 Å². The second-order valence-electron chi connectivity index (χ2n) is 6.68. The number of carbonyl (C=O) groups is 1. The molecule has 4 rings (SSSR count). The van der Waals surface area contributed by atoms with Crippen molar-refractivity contribution in [3.8, 4) is 5.75 Å². The first-order valence-electron chi connectivity index (χ1n) is 8.91. The third-order valence-electron chi connectivity index (χ3n) is 4.59. The number of aromatic amines is 1. The lowest BCUT2D eigenvalue weighted by atomic mass is 10.1. The first-order valence-corrected chi connectivity index (χ1v) is 9.67. The number of fused-ring (bicyclic) bond motifs is 1. The second-order valence-corrected chi connectivity index (χ2v) is 7.50. The minimum absolute atomic E-state index is 0.424. The molecule has 3 N–H and O–H groups in total. The first-order chi connectivity index (χ1) is 13.9. The number of aryl methyl sites for hydroxylation is 1. The van der Waals surface area contributed by atoms with Crippen LogP contribution in [-0.2, 0) is 0 Å². The Labute approximate surface area is 177 Å². The number of nitrogens with one attached hydrogen (secondary N) is 1. The van der Waals surface area contributed by atoms with Crippen LogP contribution in [0.4, 0.5) is 0 Å². The van der Waals surface area contributed by atoms with E-state index in [1.165, 1.54) is 0 Å². The number of amides is 1. The summed E-state index contributed by atoms with van der Waals surface area (Å²) < 4.78 is 5.92. The molecule has 7 heteroatoms. The number of nitrogens with zero attached hydrogens (tertiary/aromatic N) is 1. The van der Waals surface area contributed by atoms with Gasteiger partial charge >= 0.3 is 0 Å². The molecule has 0 spiro atoms. The number of aromatic nitrogens is 2. The average molecular weight is 426 g/mol. The zero-order chi connectivity index (χ0) is 20.5. The summed E-state index contributed by atoms with van der Waals surface area (Å²) in [5.74, 6) is 1.32. The largest absolute Gasteiger partial charge is 0.456 e. The van der Waals surface area contributed by atoms with E-state index in [9.17, 15) is 4.79 Å². The van der Waals surface area contributed by atoms with Crippen LogP contribution in [0.25, 0.3) is 16.6 Å². The monoisotopic (exact) mass is 425 g/mol. The van der Waals surface area contributed by atoms with Gasteiger partial charge in [-0.25, -0.2) is 4.98 Å². The molecule has 0 saturated carbocycles. The second kappa shape index (κ2) is 7.78. The molecule has 0 radical (unpaired) electrons. The quantitative estimate of drug-likeness (QED) is 0.578. The number of benzene rings is 2. The van der Waals surface area contributed by atoms with Crippen LogP contribution in [-0.4, -0.2) is 15.9 Å². The Kier molecular flexibility index (Phi) is 5.18. The van der Waals surface area contributed by atoms with Crippen molar-refractivity contribution in [3.05, 3.63) is 87.4 Å². The van der Waals surface area contributed by atoms with Crippen LogP contribution < -0.4 is 10.5 Å². The molecule has 1 aliphatic rings. The number of H-pyrrole nitrogens is 1. The van der Waals surface area contributed by atoms with Gasteiger partial charge in [-0.05, 0) is 61.4 Å². The Bertz CT molecular complexity index is 1220. The predicted octanol–water partition coefficient (Wildman–Crippen LogP) is 5.50. The van der Waals surface area contributed by atoms with Crippen LogP contribution in [0.3, 0.4) is 0 Å². The molecule has 0 fully saturated rings. The van der Waals surface area contributed by atoms with Crippen LogP contribution in [0.15, 0.2) is 65.4 Å². The van der Waals surface area contributed by atoms with Crippen LogP contribution in [0.1, 0.15) is 28.2 Å². The number of primary amides is 1. The molecule has 1 amide bonds. The molecule has 0 atom stereocenters. The summed E-state index contributed by atoms with van der Waals surface area (Å²) in [6, 6.07) is 10.6. The van der Waals surface area contributed by atoms with Crippen molar-refractivity contribution < 1.29 is 9.53 Å². The lowest BCUT2D eigenvalue weighted by Gasteiger charge is -2.08. The summed E-state index contributed by atoms with van der Waals surface area (Å²) in [7, 11) is 0. The Hall–Kier alpha value is -3.02. The van der Waals surface area contributed by atoms with Gasteiger partial charge in [-0.3, -0.25) is 4.79 Å². The predicted molar refractivity (Wildman–Crippen MR) is 116 cm³/mol. The standard InChI is InChI=1S/C22H17Cl2N3O2/c1-12-5-7-15(11-16(12)23)29-20-4-2-3-14(9-17(20)24)22-26-18-8-6-13(21(25)28)10-19(18)27-22/h2,4-11H,3H2,1H3,(H2,25,28)(H,26,27). The van der Waals surface area contributed by atoms with E-state index in [0.717, 1.165) is 22.2 Å². The highest BCUT2D eigenvalue weighted by atomic mass is 35.5. The highest BCUT2D eigenvalue weighted by Crippen LogP contribution is 2.30. The number of ether oxygens (including phenoxy) is 1. The lowest BCUT2D eigenvalue weighted by molar-refractivity contribution is 0.100. The molecule has 0 bridgehead atoms. The fourth-order valence-corrected chi connectivity index (χ4v) is 3.39. The maximum atomic E-state index is 11.4. The van der Waals surface area contributed by atoms with Crippen molar-refractivity contribution in [1.82, 2.24) is 9.97 Å². The van der Waals surface area contributed by atoms with Gasteiger partial charge < -0.3 is 15.5 Å². The third kappa shape index (κ3) is 4.06. The fraction of sp³-hybridized carbons (Fsp3) is 0.0909. The first kappa shape index (κ1) is 19.3. The lowest BCUT2D eigenvalue weighted by Crippen LogP contribution is -2.10. The molecular weight excluding hydrogens is 409 g/mol. The van der Waals surface area contributed by atoms with Gasteiger partial charge in [0.25, 0.3) is 0 Å². The van der Waals surface area contributed by atoms with Gasteiger partial charge in [-0.15, -0.1) is 0 Å². The minimum atomic E-state index is -0.483. The highest BCUT2D eigenvalue weighted by molar-refractivity contribution is 6.32. The van der Waals surface area contributed by atoms with Crippen molar-refractivity contribution in [2.75, 3.05) is 0 Å². The normalized spacial score (nSPS) is 14.1. The van der Waals surface area contributed by atoms with Gasteiger partial charge in [0.2, 0.25) is 5.91 Å². The molecule has 1 aliphatic carbocycles.